The molecule has 0 amide bonds. The number of carbonyl (C=O) groups is 2. The molecule has 4 nitrogen and oxygen atoms in total. The third-order valence-electron chi connectivity index (χ3n) is 3.62. The molecule has 1 rings (SSSR count). The summed E-state index contributed by atoms with van der Waals surface area (Å²) in [5.74, 6) is -2.30. The van der Waals surface area contributed by atoms with Crippen LogP contribution in [0, 0.1) is 23.2 Å². The first-order chi connectivity index (χ1) is 6.82. The Kier molecular flexibility index (Phi) is 3.07. The quantitative estimate of drug-likeness (QED) is 0.615. The third-order valence-corrected chi connectivity index (χ3v) is 3.62. The van der Waals surface area contributed by atoms with Crippen molar-refractivity contribution in [2.24, 2.45) is 23.2 Å². The van der Waals surface area contributed by atoms with Crippen LogP contribution in [0.5, 0.6) is 0 Å². The van der Waals surface area contributed by atoms with E-state index in [0.717, 1.165) is 0 Å². The Labute approximate surface area is 89.6 Å². The van der Waals surface area contributed by atoms with Crippen molar-refractivity contribution >= 4 is 11.9 Å². The number of methoxy groups -OCH3 is 1. The van der Waals surface area contributed by atoms with Crippen molar-refractivity contribution < 1.29 is 19.4 Å². The van der Waals surface area contributed by atoms with Crippen LogP contribution < -0.4 is 5.11 Å². The fourth-order valence-electron chi connectivity index (χ4n) is 2.82. The average molecular weight is 213 g/mol. The van der Waals surface area contributed by atoms with Crippen LogP contribution in [0.15, 0.2) is 0 Å². The number of carboxylic acids is 1. The highest BCUT2D eigenvalue weighted by Crippen LogP contribution is 2.50. The van der Waals surface area contributed by atoms with E-state index in [4.69, 9.17) is 4.74 Å². The van der Waals surface area contributed by atoms with Gasteiger partial charge in [-0.15, -0.1) is 0 Å². The molecule has 3 atom stereocenters. The van der Waals surface area contributed by atoms with E-state index in [2.05, 4.69) is 0 Å². The third kappa shape index (κ3) is 1.85. The van der Waals surface area contributed by atoms with Gasteiger partial charge in [0.15, 0.2) is 0 Å². The van der Waals surface area contributed by atoms with Gasteiger partial charge in [-0.1, -0.05) is 20.8 Å². The van der Waals surface area contributed by atoms with Crippen molar-refractivity contribution in [3.63, 3.8) is 0 Å². The van der Waals surface area contributed by atoms with Gasteiger partial charge in [-0.05, 0) is 17.8 Å². The summed E-state index contributed by atoms with van der Waals surface area (Å²) in [7, 11) is 1.33. The van der Waals surface area contributed by atoms with E-state index in [1.165, 1.54) is 7.11 Å². The molecule has 1 aliphatic carbocycles. The lowest BCUT2D eigenvalue weighted by Crippen LogP contribution is -2.41. The van der Waals surface area contributed by atoms with Crippen LogP contribution in [0.2, 0.25) is 0 Å². The van der Waals surface area contributed by atoms with E-state index in [1.54, 1.807) is 13.8 Å². The van der Waals surface area contributed by atoms with E-state index in [1.807, 2.05) is 6.92 Å². The summed E-state index contributed by atoms with van der Waals surface area (Å²) in [6.07, 6.45) is 0.481. The van der Waals surface area contributed by atoms with E-state index in [9.17, 15) is 14.7 Å². The van der Waals surface area contributed by atoms with Crippen LogP contribution in [0.25, 0.3) is 0 Å². The highest BCUT2D eigenvalue weighted by molar-refractivity contribution is 5.77. The summed E-state index contributed by atoms with van der Waals surface area (Å²) < 4.78 is 4.72. The van der Waals surface area contributed by atoms with Crippen molar-refractivity contribution in [3.8, 4) is 0 Å². The van der Waals surface area contributed by atoms with Gasteiger partial charge >= 0.3 is 5.97 Å². The summed E-state index contributed by atoms with van der Waals surface area (Å²) in [4.78, 5) is 22.5. The minimum absolute atomic E-state index is 0.0235. The number of hydrogen-bond acceptors (Lipinski definition) is 4. The Morgan fingerprint density at radius 1 is 1.40 bits per heavy atom. The van der Waals surface area contributed by atoms with Gasteiger partial charge in [0.1, 0.15) is 0 Å². The van der Waals surface area contributed by atoms with Crippen LogP contribution in [-0.4, -0.2) is 19.0 Å². The Balaban J connectivity index is 3.00. The normalized spacial score (nSPS) is 33.7. The summed E-state index contributed by atoms with van der Waals surface area (Å²) in [5.41, 5.74) is -0.592. The van der Waals surface area contributed by atoms with Crippen LogP contribution in [-0.2, 0) is 14.3 Å². The fraction of sp³-hybridized carbons (Fsp3) is 0.818. The van der Waals surface area contributed by atoms with E-state index >= 15 is 0 Å². The van der Waals surface area contributed by atoms with Crippen LogP contribution in [0.4, 0.5) is 0 Å². The maximum atomic E-state index is 11.6. The molecule has 0 aromatic rings. The van der Waals surface area contributed by atoms with Gasteiger partial charge in [0.25, 0.3) is 0 Å². The van der Waals surface area contributed by atoms with Gasteiger partial charge in [-0.2, -0.15) is 0 Å². The van der Waals surface area contributed by atoms with Crippen LogP contribution in [0.3, 0.4) is 0 Å². The molecule has 0 saturated heterocycles. The molecule has 4 heteroatoms. The van der Waals surface area contributed by atoms with Crippen molar-refractivity contribution in [2.45, 2.75) is 27.2 Å². The summed E-state index contributed by atoms with van der Waals surface area (Å²) in [6, 6.07) is 0. The molecule has 1 saturated carbocycles. The Hall–Kier alpha value is -1.06. The van der Waals surface area contributed by atoms with Gasteiger partial charge in [0.2, 0.25) is 0 Å². The molecule has 86 valence electrons. The first-order valence-electron chi connectivity index (χ1n) is 5.11. The molecule has 0 heterocycles. The lowest BCUT2D eigenvalue weighted by Gasteiger charge is -2.32. The van der Waals surface area contributed by atoms with E-state index < -0.39 is 17.3 Å². The Morgan fingerprint density at radius 3 is 2.27 bits per heavy atom. The van der Waals surface area contributed by atoms with Gasteiger partial charge < -0.3 is 14.6 Å². The van der Waals surface area contributed by atoms with Gasteiger partial charge in [0, 0.05) is 11.9 Å². The number of rotatable bonds is 2. The highest BCUT2D eigenvalue weighted by atomic mass is 16.5. The smallest absolute Gasteiger partial charge is 0.309 e. The molecule has 0 aliphatic heterocycles. The molecular formula is C11H17O4-. The summed E-state index contributed by atoms with van der Waals surface area (Å²) >= 11 is 0. The van der Waals surface area contributed by atoms with Crippen molar-refractivity contribution in [1.29, 1.82) is 0 Å². The Morgan fingerprint density at radius 2 is 1.93 bits per heavy atom. The molecule has 15 heavy (non-hydrogen) atoms. The molecule has 0 bridgehead atoms. The zero-order chi connectivity index (χ0) is 11.8. The first-order valence-corrected chi connectivity index (χ1v) is 5.11. The summed E-state index contributed by atoms with van der Waals surface area (Å²) in [6.45, 7) is 5.46. The number of ether oxygens (including phenoxy) is 1. The summed E-state index contributed by atoms with van der Waals surface area (Å²) in [5, 5.41) is 11.0. The minimum Gasteiger partial charge on any atom is -0.550 e. The Bertz CT molecular complexity index is 282. The topological polar surface area (TPSA) is 66.4 Å². The first kappa shape index (κ1) is 12.0. The number of carbonyl (C=O) groups excluding carboxylic acids is 2. The van der Waals surface area contributed by atoms with Crippen molar-refractivity contribution in [1.82, 2.24) is 0 Å². The molecule has 0 aromatic carbocycles. The predicted molar refractivity (Wildman–Crippen MR) is 51.6 cm³/mol. The number of carboxylic acid groups (broad SMARTS) is 1. The predicted octanol–water partition coefficient (Wildman–Crippen LogP) is 0.208. The maximum Gasteiger partial charge on any atom is 0.309 e. The number of hydrogen-bond donors (Lipinski definition) is 0. The maximum absolute atomic E-state index is 11.6. The highest BCUT2D eigenvalue weighted by Gasteiger charge is 2.51. The van der Waals surface area contributed by atoms with Crippen molar-refractivity contribution in [3.05, 3.63) is 0 Å². The van der Waals surface area contributed by atoms with E-state index in [-0.39, 0.29) is 17.8 Å². The number of esters is 1. The molecular weight excluding hydrogens is 196 g/mol. The molecule has 0 aromatic heterocycles. The average Bonchev–Trinajstić information content (AvgIpc) is 2.35. The molecule has 0 unspecified atom stereocenters. The standard InChI is InChI=1S/C11H18O4/c1-6-5-7(9(12)13)11(2,3)8(6)10(14)15-4/h6-8H,5H2,1-4H3,(H,12,13)/p-1/t6-,7-,8+/m1/s1. The molecule has 1 aliphatic rings. The second kappa shape index (κ2) is 3.83. The van der Waals surface area contributed by atoms with Crippen LogP contribution >= 0.6 is 0 Å². The zero-order valence-electron chi connectivity index (χ0n) is 9.57. The zero-order valence-corrected chi connectivity index (χ0v) is 9.57. The molecule has 1 fully saturated rings. The SMILES string of the molecule is COC(=O)[C@@H]1[C@H](C)C[C@H](C(=O)[O-])C1(C)C. The molecule has 0 radical (unpaired) electrons. The largest absolute Gasteiger partial charge is 0.550 e. The number of aliphatic carboxylic acids is 1. The second-order valence-electron chi connectivity index (χ2n) is 4.91. The molecule has 0 spiro atoms. The van der Waals surface area contributed by atoms with Crippen molar-refractivity contribution in [2.75, 3.05) is 7.11 Å². The van der Waals surface area contributed by atoms with Crippen LogP contribution in [0.1, 0.15) is 27.2 Å². The van der Waals surface area contributed by atoms with Gasteiger partial charge in [-0.3, -0.25) is 4.79 Å². The lowest BCUT2D eigenvalue weighted by molar-refractivity contribution is -0.314. The molecule has 0 N–H and O–H groups in total. The van der Waals surface area contributed by atoms with Gasteiger partial charge in [-0.25, -0.2) is 0 Å². The van der Waals surface area contributed by atoms with Gasteiger partial charge in [0.05, 0.1) is 13.0 Å². The monoisotopic (exact) mass is 213 g/mol. The second-order valence-corrected chi connectivity index (χ2v) is 4.91. The lowest BCUT2D eigenvalue weighted by atomic mass is 9.74. The fourth-order valence-corrected chi connectivity index (χ4v) is 2.82. The minimum atomic E-state index is -1.07. The van der Waals surface area contributed by atoms with E-state index in [0.29, 0.717) is 6.42 Å².